The Morgan fingerprint density at radius 2 is 1.95 bits per heavy atom. The minimum absolute atomic E-state index is 0.231. The average Bonchev–Trinajstić information content (AvgIpc) is 2.35. The standard InChI is InChI=1S/C16H23NO5/c1-10-8-11(6-7-13(10)21-5)12(9-14(18)19)17-15(20)22-16(2,3)4/h6-8,12H,9H2,1-5H3,(H,17,20)(H,18,19)/t12-/m1/s1. The summed E-state index contributed by atoms with van der Waals surface area (Å²) in [5, 5.41) is 11.6. The molecule has 1 aromatic carbocycles. The molecule has 122 valence electrons. The number of methoxy groups -OCH3 is 1. The lowest BCUT2D eigenvalue weighted by Crippen LogP contribution is -2.35. The highest BCUT2D eigenvalue weighted by atomic mass is 16.6. The van der Waals surface area contributed by atoms with Gasteiger partial charge in [0.05, 0.1) is 19.6 Å². The van der Waals surface area contributed by atoms with Crippen LogP contribution in [0.25, 0.3) is 0 Å². The largest absolute Gasteiger partial charge is 0.496 e. The Morgan fingerprint density at radius 1 is 1.32 bits per heavy atom. The van der Waals surface area contributed by atoms with Gasteiger partial charge in [-0.05, 0) is 44.9 Å². The first-order chi connectivity index (χ1) is 10.1. The van der Waals surface area contributed by atoms with Crippen LogP contribution in [-0.4, -0.2) is 29.9 Å². The zero-order chi connectivity index (χ0) is 16.9. The molecule has 1 rings (SSSR count). The Balaban J connectivity index is 2.95. The summed E-state index contributed by atoms with van der Waals surface area (Å²) in [4.78, 5) is 22.9. The van der Waals surface area contributed by atoms with Gasteiger partial charge in [-0.1, -0.05) is 12.1 Å². The number of benzene rings is 1. The van der Waals surface area contributed by atoms with Crippen LogP contribution in [0.5, 0.6) is 5.75 Å². The number of hydrogen-bond acceptors (Lipinski definition) is 4. The Morgan fingerprint density at radius 3 is 2.41 bits per heavy atom. The number of aryl methyl sites for hydroxylation is 1. The average molecular weight is 309 g/mol. The molecular formula is C16H23NO5. The summed E-state index contributed by atoms with van der Waals surface area (Å²) in [6.45, 7) is 7.09. The van der Waals surface area contributed by atoms with E-state index in [1.165, 1.54) is 0 Å². The third-order valence-electron chi connectivity index (χ3n) is 2.89. The van der Waals surface area contributed by atoms with E-state index >= 15 is 0 Å². The molecule has 6 heteroatoms. The van der Waals surface area contributed by atoms with Crippen molar-refractivity contribution in [2.45, 2.75) is 45.8 Å². The summed E-state index contributed by atoms with van der Waals surface area (Å²) >= 11 is 0. The van der Waals surface area contributed by atoms with Crippen molar-refractivity contribution in [3.63, 3.8) is 0 Å². The molecule has 0 aliphatic heterocycles. The van der Waals surface area contributed by atoms with Crippen molar-refractivity contribution >= 4 is 12.1 Å². The number of hydrogen-bond donors (Lipinski definition) is 2. The van der Waals surface area contributed by atoms with Crippen molar-refractivity contribution in [2.75, 3.05) is 7.11 Å². The number of carboxylic acids is 1. The molecule has 1 aromatic rings. The van der Waals surface area contributed by atoms with Gasteiger partial charge >= 0.3 is 12.1 Å². The number of alkyl carbamates (subject to hydrolysis) is 1. The first-order valence-corrected chi connectivity index (χ1v) is 6.98. The van der Waals surface area contributed by atoms with Gasteiger partial charge in [0.2, 0.25) is 0 Å². The quantitative estimate of drug-likeness (QED) is 0.873. The van der Waals surface area contributed by atoms with Crippen LogP contribution < -0.4 is 10.1 Å². The number of rotatable bonds is 5. The topological polar surface area (TPSA) is 84.9 Å². The summed E-state index contributed by atoms with van der Waals surface area (Å²) < 4.78 is 10.4. The third-order valence-corrected chi connectivity index (χ3v) is 2.89. The van der Waals surface area contributed by atoms with E-state index in [4.69, 9.17) is 14.6 Å². The fourth-order valence-corrected chi connectivity index (χ4v) is 2.00. The number of carbonyl (C=O) groups is 2. The second-order valence-corrected chi connectivity index (χ2v) is 6.03. The van der Waals surface area contributed by atoms with E-state index < -0.39 is 23.7 Å². The molecule has 1 atom stereocenters. The Hall–Kier alpha value is -2.24. The van der Waals surface area contributed by atoms with Gasteiger partial charge in [-0.2, -0.15) is 0 Å². The van der Waals surface area contributed by atoms with E-state index in [1.54, 1.807) is 46.1 Å². The normalized spacial score (nSPS) is 12.4. The van der Waals surface area contributed by atoms with E-state index in [1.807, 2.05) is 6.92 Å². The van der Waals surface area contributed by atoms with Gasteiger partial charge in [0.25, 0.3) is 0 Å². The van der Waals surface area contributed by atoms with Gasteiger partial charge in [-0.3, -0.25) is 4.79 Å². The highest BCUT2D eigenvalue weighted by molar-refractivity contribution is 5.72. The predicted molar refractivity (Wildman–Crippen MR) is 82.1 cm³/mol. The maximum absolute atomic E-state index is 11.9. The molecule has 0 unspecified atom stereocenters. The Bertz CT molecular complexity index is 548. The van der Waals surface area contributed by atoms with Gasteiger partial charge in [0, 0.05) is 0 Å². The molecule has 1 amide bonds. The van der Waals surface area contributed by atoms with Crippen molar-refractivity contribution in [3.8, 4) is 5.75 Å². The molecule has 0 aromatic heterocycles. The lowest BCUT2D eigenvalue weighted by atomic mass is 10.0. The summed E-state index contributed by atoms with van der Waals surface area (Å²) in [6.07, 6.45) is -0.877. The van der Waals surface area contributed by atoms with Crippen LogP contribution >= 0.6 is 0 Å². The molecular weight excluding hydrogens is 286 g/mol. The summed E-state index contributed by atoms with van der Waals surface area (Å²) in [7, 11) is 1.57. The van der Waals surface area contributed by atoms with E-state index in [2.05, 4.69) is 5.32 Å². The number of amides is 1. The molecule has 0 bridgehead atoms. The minimum atomic E-state index is -1.01. The van der Waals surface area contributed by atoms with E-state index in [9.17, 15) is 9.59 Å². The van der Waals surface area contributed by atoms with E-state index in [0.29, 0.717) is 11.3 Å². The van der Waals surface area contributed by atoms with Crippen LogP contribution in [0.2, 0.25) is 0 Å². The molecule has 0 saturated carbocycles. The van der Waals surface area contributed by atoms with Gasteiger partial charge in [0.1, 0.15) is 11.4 Å². The second-order valence-electron chi connectivity index (χ2n) is 6.03. The van der Waals surface area contributed by atoms with E-state index in [0.717, 1.165) is 5.56 Å². The number of carbonyl (C=O) groups excluding carboxylic acids is 1. The van der Waals surface area contributed by atoms with Crippen LogP contribution in [0.15, 0.2) is 18.2 Å². The molecule has 0 radical (unpaired) electrons. The summed E-state index contributed by atoms with van der Waals surface area (Å²) in [5.74, 6) is -0.301. The second kappa shape index (κ2) is 7.15. The first kappa shape index (κ1) is 17.8. The van der Waals surface area contributed by atoms with Crippen molar-refractivity contribution in [1.82, 2.24) is 5.32 Å². The molecule has 22 heavy (non-hydrogen) atoms. The van der Waals surface area contributed by atoms with Gasteiger partial charge < -0.3 is 19.9 Å². The van der Waals surface area contributed by atoms with Gasteiger partial charge in [0.15, 0.2) is 0 Å². The number of ether oxygens (including phenoxy) is 2. The Labute approximate surface area is 130 Å². The smallest absolute Gasteiger partial charge is 0.408 e. The molecule has 0 saturated heterocycles. The highest BCUT2D eigenvalue weighted by Gasteiger charge is 2.22. The SMILES string of the molecule is COc1ccc([C@@H](CC(=O)O)NC(=O)OC(C)(C)C)cc1C. The first-order valence-electron chi connectivity index (χ1n) is 6.98. The summed E-state index contributed by atoms with van der Waals surface area (Å²) in [6, 6.07) is 4.61. The molecule has 2 N–H and O–H groups in total. The lowest BCUT2D eigenvalue weighted by Gasteiger charge is -2.23. The monoisotopic (exact) mass is 309 g/mol. The molecule has 6 nitrogen and oxygen atoms in total. The highest BCUT2D eigenvalue weighted by Crippen LogP contribution is 2.24. The fraction of sp³-hybridized carbons (Fsp3) is 0.500. The van der Waals surface area contributed by atoms with Crippen LogP contribution in [-0.2, 0) is 9.53 Å². The van der Waals surface area contributed by atoms with Crippen LogP contribution in [0.1, 0.15) is 44.4 Å². The molecule has 0 aliphatic carbocycles. The number of carboxylic acid groups (broad SMARTS) is 1. The Kier molecular flexibility index (Phi) is 5.79. The maximum Gasteiger partial charge on any atom is 0.408 e. The van der Waals surface area contributed by atoms with Crippen LogP contribution in [0.4, 0.5) is 4.79 Å². The molecule has 0 fully saturated rings. The van der Waals surface area contributed by atoms with Gasteiger partial charge in [-0.25, -0.2) is 4.79 Å². The van der Waals surface area contributed by atoms with E-state index in [-0.39, 0.29) is 6.42 Å². The summed E-state index contributed by atoms with van der Waals surface area (Å²) in [5.41, 5.74) is 0.904. The number of aliphatic carboxylic acids is 1. The molecule has 0 spiro atoms. The lowest BCUT2D eigenvalue weighted by molar-refractivity contribution is -0.137. The minimum Gasteiger partial charge on any atom is -0.496 e. The van der Waals surface area contributed by atoms with Crippen molar-refractivity contribution in [2.24, 2.45) is 0 Å². The maximum atomic E-state index is 11.9. The zero-order valence-electron chi connectivity index (χ0n) is 13.6. The predicted octanol–water partition coefficient (Wildman–Crippen LogP) is 3.04. The third kappa shape index (κ3) is 5.63. The fourth-order valence-electron chi connectivity index (χ4n) is 2.00. The molecule has 0 heterocycles. The number of nitrogens with one attached hydrogen (secondary N) is 1. The van der Waals surface area contributed by atoms with Crippen molar-refractivity contribution in [1.29, 1.82) is 0 Å². The van der Waals surface area contributed by atoms with Crippen molar-refractivity contribution < 1.29 is 24.2 Å². The zero-order valence-corrected chi connectivity index (χ0v) is 13.6. The van der Waals surface area contributed by atoms with Crippen molar-refractivity contribution in [3.05, 3.63) is 29.3 Å². The van der Waals surface area contributed by atoms with Crippen LogP contribution in [0, 0.1) is 6.92 Å². The van der Waals surface area contributed by atoms with Gasteiger partial charge in [-0.15, -0.1) is 0 Å². The van der Waals surface area contributed by atoms with Crippen LogP contribution in [0.3, 0.4) is 0 Å². The molecule has 0 aliphatic rings.